The maximum atomic E-state index is 13.4. The minimum atomic E-state index is -0.468. The third kappa shape index (κ3) is 7.93. The molecule has 1 heterocycles. The van der Waals surface area contributed by atoms with Crippen LogP contribution in [0.3, 0.4) is 0 Å². The number of thioether (sulfide) groups is 1. The van der Waals surface area contributed by atoms with E-state index in [0.29, 0.717) is 23.5 Å². The highest BCUT2D eigenvalue weighted by Gasteiger charge is 2.16. The molecule has 5 aromatic rings. The van der Waals surface area contributed by atoms with Crippen LogP contribution in [0.2, 0.25) is 0 Å². The van der Waals surface area contributed by atoms with Gasteiger partial charge in [0.25, 0.3) is 11.8 Å². The first-order valence-corrected chi connectivity index (χ1v) is 14.7. The van der Waals surface area contributed by atoms with Gasteiger partial charge in [0.15, 0.2) is 0 Å². The highest BCUT2D eigenvalue weighted by Crippen LogP contribution is 2.23. The van der Waals surface area contributed by atoms with Gasteiger partial charge in [-0.15, -0.1) is 11.8 Å². The normalized spacial score (nSPS) is 11.1. The van der Waals surface area contributed by atoms with E-state index in [1.165, 1.54) is 11.8 Å². The summed E-state index contributed by atoms with van der Waals surface area (Å²) in [4.78, 5) is 42.8. The average molecular weight is 591 g/mol. The molecule has 0 spiro atoms. The summed E-state index contributed by atoms with van der Waals surface area (Å²) in [6.07, 6.45) is 3.45. The number of aromatic amines is 1. The van der Waals surface area contributed by atoms with Gasteiger partial charge in [-0.05, 0) is 79.7 Å². The minimum Gasteiger partial charge on any atom is -0.494 e. The molecule has 0 aliphatic carbocycles. The SMILES string of the molecule is CCOc1ccc(NC(=O)CSc2ccc(NC(=O)C(=Cc3c[nH]c4ccccc34)NC(=O)c3ccccc3)cc2)cc1. The zero-order valence-corrected chi connectivity index (χ0v) is 24.2. The van der Waals surface area contributed by atoms with Crippen molar-refractivity contribution in [2.75, 3.05) is 23.0 Å². The summed E-state index contributed by atoms with van der Waals surface area (Å²) in [5.74, 6) is -0.0159. The van der Waals surface area contributed by atoms with Crippen molar-refractivity contribution in [2.45, 2.75) is 11.8 Å². The molecule has 0 saturated carbocycles. The molecule has 43 heavy (non-hydrogen) atoms. The van der Waals surface area contributed by atoms with Gasteiger partial charge in [0.1, 0.15) is 11.4 Å². The van der Waals surface area contributed by atoms with Gasteiger partial charge in [0.05, 0.1) is 12.4 Å². The van der Waals surface area contributed by atoms with Crippen molar-refractivity contribution < 1.29 is 19.1 Å². The Balaban J connectivity index is 1.23. The van der Waals surface area contributed by atoms with E-state index >= 15 is 0 Å². The zero-order chi connectivity index (χ0) is 30.0. The number of hydrogen-bond acceptors (Lipinski definition) is 5. The molecule has 0 unspecified atom stereocenters. The first-order valence-electron chi connectivity index (χ1n) is 13.7. The van der Waals surface area contributed by atoms with Crippen LogP contribution in [-0.2, 0) is 9.59 Å². The Labute approximate surface area is 253 Å². The second-order valence-corrected chi connectivity index (χ2v) is 10.5. The number of fused-ring (bicyclic) bond motifs is 1. The van der Waals surface area contributed by atoms with Crippen LogP contribution in [0, 0.1) is 0 Å². The van der Waals surface area contributed by atoms with E-state index < -0.39 is 11.8 Å². The van der Waals surface area contributed by atoms with Crippen molar-refractivity contribution >= 4 is 57.8 Å². The molecule has 4 aromatic carbocycles. The number of ether oxygens (including phenoxy) is 1. The standard InChI is InChI=1S/C34H30N4O4S/c1-2-42-27-16-12-25(13-17-27)36-32(39)22-43-28-18-14-26(15-19-28)37-34(41)31(38-33(40)23-8-4-3-5-9-23)20-24-21-35-30-11-7-6-10-29(24)30/h3-21,35H,2,22H2,1H3,(H,36,39)(H,37,41)(H,38,40). The minimum absolute atomic E-state index is 0.100. The van der Waals surface area contributed by atoms with Crippen LogP contribution in [0.1, 0.15) is 22.8 Å². The highest BCUT2D eigenvalue weighted by molar-refractivity contribution is 8.00. The number of hydrogen-bond donors (Lipinski definition) is 4. The Morgan fingerprint density at radius 2 is 1.49 bits per heavy atom. The number of H-pyrrole nitrogens is 1. The van der Waals surface area contributed by atoms with Crippen LogP contribution in [0.4, 0.5) is 11.4 Å². The molecule has 0 aliphatic rings. The average Bonchev–Trinajstić information content (AvgIpc) is 3.44. The lowest BCUT2D eigenvalue weighted by Crippen LogP contribution is -2.30. The predicted octanol–water partition coefficient (Wildman–Crippen LogP) is 6.71. The molecular formula is C34H30N4O4S. The number of carbonyl (C=O) groups excluding carboxylic acids is 3. The second-order valence-electron chi connectivity index (χ2n) is 9.44. The van der Waals surface area contributed by atoms with Crippen molar-refractivity contribution in [2.24, 2.45) is 0 Å². The first kappa shape index (κ1) is 29.2. The maximum absolute atomic E-state index is 13.4. The highest BCUT2D eigenvalue weighted by atomic mass is 32.2. The quantitative estimate of drug-likeness (QED) is 0.101. The lowest BCUT2D eigenvalue weighted by Gasteiger charge is -2.12. The topological polar surface area (TPSA) is 112 Å². The van der Waals surface area contributed by atoms with E-state index in [9.17, 15) is 14.4 Å². The van der Waals surface area contributed by atoms with Gasteiger partial charge in [-0.25, -0.2) is 0 Å². The van der Waals surface area contributed by atoms with E-state index in [0.717, 1.165) is 27.1 Å². The number of para-hydroxylation sites is 1. The number of nitrogens with one attached hydrogen (secondary N) is 4. The molecule has 4 N–H and O–H groups in total. The zero-order valence-electron chi connectivity index (χ0n) is 23.4. The Kier molecular flexibility index (Phi) is 9.56. The Bertz CT molecular complexity index is 1750. The van der Waals surface area contributed by atoms with Gasteiger partial charge in [-0.3, -0.25) is 14.4 Å². The van der Waals surface area contributed by atoms with Crippen molar-refractivity contribution in [3.63, 3.8) is 0 Å². The van der Waals surface area contributed by atoms with Crippen molar-refractivity contribution in [1.29, 1.82) is 0 Å². The summed E-state index contributed by atoms with van der Waals surface area (Å²) in [5, 5.41) is 9.44. The first-order chi connectivity index (χ1) is 21.0. The summed E-state index contributed by atoms with van der Waals surface area (Å²) < 4.78 is 5.43. The molecule has 0 saturated heterocycles. The molecule has 0 aliphatic heterocycles. The number of carbonyl (C=O) groups is 3. The number of aromatic nitrogens is 1. The fraction of sp³-hybridized carbons (Fsp3) is 0.0882. The monoisotopic (exact) mass is 590 g/mol. The summed E-state index contributed by atoms with van der Waals surface area (Å²) in [7, 11) is 0. The summed E-state index contributed by atoms with van der Waals surface area (Å²) in [6, 6.07) is 30.9. The second kappa shape index (κ2) is 14.1. The van der Waals surface area contributed by atoms with Gasteiger partial charge in [-0.2, -0.15) is 0 Å². The van der Waals surface area contributed by atoms with Crippen molar-refractivity contribution in [1.82, 2.24) is 10.3 Å². The summed E-state index contributed by atoms with van der Waals surface area (Å²) in [5.41, 5.74) is 3.47. The largest absolute Gasteiger partial charge is 0.494 e. The molecule has 1 aromatic heterocycles. The van der Waals surface area contributed by atoms with Gasteiger partial charge >= 0.3 is 0 Å². The van der Waals surface area contributed by atoms with E-state index in [1.54, 1.807) is 60.8 Å². The van der Waals surface area contributed by atoms with Crippen LogP contribution >= 0.6 is 11.8 Å². The van der Waals surface area contributed by atoms with E-state index in [4.69, 9.17) is 4.74 Å². The molecule has 0 radical (unpaired) electrons. The summed E-state index contributed by atoms with van der Waals surface area (Å²) in [6.45, 7) is 2.50. The maximum Gasteiger partial charge on any atom is 0.272 e. The molecule has 0 atom stereocenters. The van der Waals surface area contributed by atoms with Crippen LogP contribution in [-0.4, -0.2) is 35.1 Å². The molecule has 0 fully saturated rings. The smallest absolute Gasteiger partial charge is 0.272 e. The lowest BCUT2D eigenvalue weighted by molar-refractivity contribution is -0.114. The molecule has 5 rings (SSSR count). The third-order valence-corrected chi connectivity index (χ3v) is 7.39. The number of rotatable bonds is 11. The van der Waals surface area contributed by atoms with Gasteiger partial charge in [-0.1, -0.05) is 36.4 Å². The fourth-order valence-electron chi connectivity index (χ4n) is 4.29. The van der Waals surface area contributed by atoms with Crippen molar-refractivity contribution in [3.8, 4) is 5.75 Å². The van der Waals surface area contributed by atoms with E-state index in [1.807, 2.05) is 61.5 Å². The van der Waals surface area contributed by atoms with Crippen LogP contribution < -0.4 is 20.7 Å². The predicted molar refractivity (Wildman–Crippen MR) is 172 cm³/mol. The Morgan fingerprint density at radius 1 is 0.814 bits per heavy atom. The van der Waals surface area contributed by atoms with Gasteiger partial charge in [0, 0.05) is 44.5 Å². The van der Waals surface area contributed by atoms with Crippen LogP contribution in [0.5, 0.6) is 5.75 Å². The third-order valence-electron chi connectivity index (χ3n) is 6.38. The molecule has 0 bridgehead atoms. The molecular weight excluding hydrogens is 560 g/mol. The number of benzene rings is 4. The molecule has 3 amide bonds. The summed E-state index contributed by atoms with van der Waals surface area (Å²) >= 11 is 1.38. The Morgan fingerprint density at radius 3 is 2.23 bits per heavy atom. The Hall–Kier alpha value is -5.28. The van der Waals surface area contributed by atoms with Gasteiger partial charge < -0.3 is 25.7 Å². The number of anilines is 2. The van der Waals surface area contributed by atoms with Crippen LogP contribution in [0.15, 0.2) is 120 Å². The van der Waals surface area contributed by atoms with Gasteiger partial charge in [0.2, 0.25) is 5.91 Å². The number of amides is 3. The molecule has 216 valence electrons. The van der Waals surface area contributed by atoms with E-state index in [-0.39, 0.29) is 17.4 Å². The van der Waals surface area contributed by atoms with Crippen LogP contribution in [0.25, 0.3) is 17.0 Å². The fourth-order valence-corrected chi connectivity index (χ4v) is 4.99. The molecule has 9 heteroatoms. The van der Waals surface area contributed by atoms with E-state index in [2.05, 4.69) is 20.9 Å². The molecule has 8 nitrogen and oxygen atoms in total. The van der Waals surface area contributed by atoms with Crippen molar-refractivity contribution in [3.05, 3.63) is 126 Å². The lowest BCUT2D eigenvalue weighted by atomic mass is 10.1.